The van der Waals surface area contributed by atoms with Crippen LogP contribution in [0.2, 0.25) is 0 Å². The molecule has 0 bridgehead atoms. The molecule has 2 nitrogen and oxygen atoms in total. The van der Waals surface area contributed by atoms with E-state index in [4.69, 9.17) is 0 Å². The van der Waals surface area contributed by atoms with E-state index in [1.807, 2.05) is 6.92 Å². The van der Waals surface area contributed by atoms with Crippen molar-refractivity contribution < 1.29 is 22.4 Å². The zero-order valence-corrected chi connectivity index (χ0v) is 10.3. The smallest absolute Gasteiger partial charge is 0.351 e. The van der Waals surface area contributed by atoms with Crippen molar-refractivity contribution >= 4 is 5.91 Å². The van der Waals surface area contributed by atoms with Gasteiger partial charge in [-0.05, 0) is 36.5 Å². The van der Waals surface area contributed by atoms with Crippen LogP contribution in [0.1, 0.15) is 35.7 Å². The molecule has 1 fully saturated rings. The summed E-state index contributed by atoms with van der Waals surface area (Å²) in [6.07, 6.45) is -2.68. The predicted molar refractivity (Wildman–Crippen MR) is 61.1 cm³/mol. The predicted octanol–water partition coefficient (Wildman–Crippen LogP) is 3.37. The van der Waals surface area contributed by atoms with E-state index in [0.717, 1.165) is 12.8 Å². The van der Waals surface area contributed by atoms with E-state index < -0.39 is 29.0 Å². The van der Waals surface area contributed by atoms with Crippen molar-refractivity contribution in [1.82, 2.24) is 5.32 Å². The molecule has 1 amide bonds. The molecule has 1 aromatic rings. The van der Waals surface area contributed by atoms with Crippen molar-refractivity contribution in [3.05, 3.63) is 35.1 Å². The quantitative estimate of drug-likeness (QED) is 0.842. The SMILES string of the molecule is CC1(CNC(=O)c2cc(C(F)(F)F)ccc2F)CC1. The molecule has 1 N–H and O–H groups in total. The Balaban J connectivity index is 2.15. The van der Waals surface area contributed by atoms with E-state index in [2.05, 4.69) is 5.32 Å². The van der Waals surface area contributed by atoms with Crippen molar-refractivity contribution in [2.24, 2.45) is 5.41 Å². The lowest BCUT2D eigenvalue weighted by molar-refractivity contribution is -0.137. The summed E-state index contributed by atoms with van der Waals surface area (Å²) in [5, 5.41) is 2.47. The summed E-state index contributed by atoms with van der Waals surface area (Å²) < 4.78 is 50.9. The maximum atomic E-state index is 13.4. The molecule has 0 aliphatic heterocycles. The molecule has 0 spiro atoms. The largest absolute Gasteiger partial charge is 0.416 e. The first-order valence-corrected chi connectivity index (χ1v) is 5.86. The number of nitrogens with one attached hydrogen (secondary N) is 1. The van der Waals surface area contributed by atoms with Crippen molar-refractivity contribution in [3.8, 4) is 0 Å². The Hall–Kier alpha value is -1.59. The summed E-state index contributed by atoms with van der Waals surface area (Å²) in [6, 6.07) is 1.82. The first-order valence-electron chi connectivity index (χ1n) is 5.86. The molecule has 0 heterocycles. The number of benzene rings is 1. The van der Waals surface area contributed by atoms with E-state index in [0.29, 0.717) is 24.7 Å². The van der Waals surface area contributed by atoms with Crippen LogP contribution in [0.25, 0.3) is 0 Å². The highest BCUT2D eigenvalue weighted by molar-refractivity contribution is 5.94. The van der Waals surface area contributed by atoms with Gasteiger partial charge in [-0.2, -0.15) is 13.2 Å². The van der Waals surface area contributed by atoms with Crippen LogP contribution in [0.5, 0.6) is 0 Å². The molecule has 0 unspecified atom stereocenters. The van der Waals surface area contributed by atoms with Crippen LogP contribution in [0.3, 0.4) is 0 Å². The molecule has 104 valence electrons. The fourth-order valence-electron chi connectivity index (χ4n) is 1.65. The lowest BCUT2D eigenvalue weighted by atomic mass is 10.1. The molecule has 1 aromatic carbocycles. The van der Waals surface area contributed by atoms with Crippen LogP contribution in [0, 0.1) is 11.2 Å². The second kappa shape index (κ2) is 4.51. The van der Waals surface area contributed by atoms with Gasteiger partial charge in [-0.15, -0.1) is 0 Å². The van der Waals surface area contributed by atoms with Crippen molar-refractivity contribution in [2.45, 2.75) is 25.9 Å². The van der Waals surface area contributed by atoms with Gasteiger partial charge >= 0.3 is 6.18 Å². The third-order valence-corrected chi connectivity index (χ3v) is 3.32. The molecule has 2 rings (SSSR count). The second-order valence-electron chi connectivity index (χ2n) is 5.19. The summed E-state index contributed by atoms with van der Waals surface area (Å²) in [5.41, 5.74) is -1.59. The summed E-state index contributed by atoms with van der Waals surface area (Å²) in [5.74, 6) is -1.76. The first kappa shape index (κ1) is 13.8. The van der Waals surface area contributed by atoms with Gasteiger partial charge in [-0.1, -0.05) is 6.92 Å². The molecular weight excluding hydrogens is 262 g/mol. The average Bonchev–Trinajstić information content (AvgIpc) is 3.04. The summed E-state index contributed by atoms with van der Waals surface area (Å²) in [7, 11) is 0. The molecule has 0 radical (unpaired) electrons. The van der Waals surface area contributed by atoms with E-state index in [1.54, 1.807) is 0 Å². The number of rotatable bonds is 3. The molecule has 0 saturated heterocycles. The summed E-state index contributed by atoms with van der Waals surface area (Å²) >= 11 is 0. The van der Waals surface area contributed by atoms with Gasteiger partial charge in [0.2, 0.25) is 0 Å². The maximum Gasteiger partial charge on any atom is 0.416 e. The van der Waals surface area contributed by atoms with Crippen LogP contribution in [-0.4, -0.2) is 12.5 Å². The zero-order chi connectivity index (χ0) is 14.3. The standard InChI is InChI=1S/C13H13F4NO/c1-12(4-5-12)7-18-11(19)9-6-8(13(15,16)17)2-3-10(9)14/h2-3,6H,4-5,7H2,1H3,(H,18,19). The van der Waals surface area contributed by atoms with Crippen LogP contribution in [-0.2, 0) is 6.18 Å². The Morgan fingerprint density at radius 3 is 2.53 bits per heavy atom. The van der Waals surface area contributed by atoms with Gasteiger partial charge in [-0.3, -0.25) is 4.79 Å². The van der Waals surface area contributed by atoms with Gasteiger partial charge in [0.25, 0.3) is 5.91 Å². The van der Waals surface area contributed by atoms with Gasteiger partial charge in [-0.25, -0.2) is 4.39 Å². The third kappa shape index (κ3) is 3.24. The summed E-state index contributed by atoms with van der Waals surface area (Å²) in [4.78, 5) is 11.7. The zero-order valence-electron chi connectivity index (χ0n) is 10.3. The lowest BCUT2D eigenvalue weighted by Crippen LogP contribution is -2.30. The van der Waals surface area contributed by atoms with Gasteiger partial charge in [0, 0.05) is 6.54 Å². The van der Waals surface area contributed by atoms with E-state index >= 15 is 0 Å². The highest BCUT2D eigenvalue weighted by Crippen LogP contribution is 2.44. The first-order chi connectivity index (χ1) is 8.71. The number of hydrogen-bond acceptors (Lipinski definition) is 1. The minimum Gasteiger partial charge on any atom is -0.351 e. The topological polar surface area (TPSA) is 29.1 Å². The molecule has 19 heavy (non-hydrogen) atoms. The van der Waals surface area contributed by atoms with Gasteiger partial charge < -0.3 is 5.32 Å². The fraction of sp³-hybridized carbons (Fsp3) is 0.462. The van der Waals surface area contributed by atoms with E-state index in [9.17, 15) is 22.4 Å². The van der Waals surface area contributed by atoms with E-state index in [1.165, 1.54) is 0 Å². The van der Waals surface area contributed by atoms with Crippen LogP contribution in [0.4, 0.5) is 17.6 Å². The van der Waals surface area contributed by atoms with Gasteiger partial charge in [0.15, 0.2) is 0 Å². The molecule has 1 aliphatic carbocycles. The Labute approximate surface area is 107 Å². The molecular formula is C13H13F4NO. The number of alkyl halides is 3. The van der Waals surface area contributed by atoms with Gasteiger partial charge in [0.1, 0.15) is 5.82 Å². The number of carbonyl (C=O) groups is 1. The molecule has 0 atom stereocenters. The average molecular weight is 275 g/mol. The van der Waals surface area contributed by atoms with Crippen molar-refractivity contribution in [1.29, 1.82) is 0 Å². The van der Waals surface area contributed by atoms with Crippen LogP contribution >= 0.6 is 0 Å². The fourth-order valence-corrected chi connectivity index (χ4v) is 1.65. The molecule has 1 saturated carbocycles. The number of amides is 1. The summed E-state index contributed by atoms with van der Waals surface area (Å²) in [6.45, 7) is 2.30. The van der Waals surface area contributed by atoms with Crippen molar-refractivity contribution in [2.75, 3.05) is 6.54 Å². The van der Waals surface area contributed by atoms with E-state index in [-0.39, 0.29) is 5.41 Å². The second-order valence-corrected chi connectivity index (χ2v) is 5.19. The minimum atomic E-state index is -4.59. The molecule has 0 aromatic heterocycles. The molecule has 1 aliphatic rings. The highest BCUT2D eigenvalue weighted by Gasteiger charge is 2.37. The normalized spacial score (nSPS) is 17.1. The number of hydrogen-bond donors (Lipinski definition) is 1. The Kier molecular flexibility index (Phi) is 3.28. The van der Waals surface area contributed by atoms with Crippen LogP contribution in [0.15, 0.2) is 18.2 Å². The third-order valence-electron chi connectivity index (χ3n) is 3.32. The maximum absolute atomic E-state index is 13.4. The monoisotopic (exact) mass is 275 g/mol. The Bertz CT molecular complexity index is 506. The highest BCUT2D eigenvalue weighted by atomic mass is 19.4. The van der Waals surface area contributed by atoms with Crippen LogP contribution < -0.4 is 5.32 Å². The van der Waals surface area contributed by atoms with Crippen molar-refractivity contribution in [3.63, 3.8) is 0 Å². The Morgan fingerprint density at radius 1 is 1.37 bits per heavy atom. The number of carbonyl (C=O) groups excluding carboxylic acids is 1. The Morgan fingerprint density at radius 2 is 2.00 bits per heavy atom. The lowest BCUT2D eigenvalue weighted by Gasteiger charge is -2.12. The van der Waals surface area contributed by atoms with Gasteiger partial charge in [0.05, 0.1) is 11.1 Å². The molecule has 6 heteroatoms. The number of halogens is 4. The minimum absolute atomic E-state index is 0.00771.